The summed E-state index contributed by atoms with van der Waals surface area (Å²) in [6.07, 6.45) is 5.62. The number of carbonyl (C=O) groups is 1. The number of hydrogen-bond acceptors (Lipinski definition) is 4. The van der Waals surface area contributed by atoms with Crippen molar-refractivity contribution < 1.29 is 22.5 Å². The van der Waals surface area contributed by atoms with Gasteiger partial charge >= 0.3 is 5.97 Å². The third-order valence-electron chi connectivity index (χ3n) is 2.07. The van der Waals surface area contributed by atoms with Crippen molar-refractivity contribution in [2.24, 2.45) is 0 Å². The molecule has 0 rings (SSSR count). The molecule has 0 aliphatic heterocycles. The average Bonchev–Trinajstić information content (AvgIpc) is 2.13. The maximum atomic E-state index is 10.9. The molecule has 0 aliphatic carbocycles. The van der Waals surface area contributed by atoms with Crippen LogP contribution in [0.25, 0.3) is 0 Å². The zero-order chi connectivity index (χ0) is 14.2. The number of esters is 1. The van der Waals surface area contributed by atoms with Crippen LogP contribution in [-0.2, 0) is 19.6 Å². The van der Waals surface area contributed by atoms with Gasteiger partial charge in [-0.2, -0.15) is 8.42 Å². The van der Waals surface area contributed by atoms with Crippen LogP contribution in [0.1, 0.15) is 33.6 Å². The molecule has 0 aromatic heterocycles. The van der Waals surface area contributed by atoms with Gasteiger partial charge in [0.1, 0.15) is 6.61 Å². The minimum Gasteiger partial charge on any atom is -0.461 e. The fourth-order valence-electron chi connectivity index (χ4n) is 1.16. The first kappa shape index (κ1) is 16.9. The van der Waals surface area contributed by atoms with Gasteiger partial charge in [0.15, 0.2) is 5.75 Å². The summed E-state index contributed by atoms with van der Waals surface area (Å²) < 4.78 is 33.8. The SMILES string of the molecule is CC(C)=CCC/C(C)=C/COC(=O)CS(=O)(=O)O. The Kier molecular flexibility index (Phi) is 7.54. The average molecular weight is 276 g/mol. The summed E-state index contributed by atoms with van der Waals surface area (Å²) in [5.41, 5.74) is 2.31. The molecule has 0 aromatic carbocycles. The van der Waals surface area contributed by atoms with Crippen LogP contribution < -0.4 is 0 Å². The summed E-state index contributed by atoms with van der Waals surface area (Å²) in [6.45, 7) is 5.98. The fourth-order valence-corrected chi connectivity index (χ4v) is 1.54. The molecule has 6 heteroatoms. The van der Waals surface area contributed by atoms with Gasteiger partial charge in [-0.25, -0.2) is 0 Å². The summed E-state index contributed by atoms with van der Waals surface area (Å²) in [6, 6.07) is 0. The Morgan fingerprint density at radius 1 is 1.22 bits per heavy atom. The van der Waals surface area contributed by atoms with Crippen molar-refractivity contribution >= 4 is 16.1 Å². The smallest absolute Gasteiger partial charge is 0.323 e. The van der Waals surface area contributed by atoms with Gasteiger partial charge in [-0.05, 0) is 39.7 Å². The van der Waals surface area contributed by atoms with Gasteiger partial charge in [-0.1, -0.05) is 17.2 Å². The molecule has 0 aliphatic rings. The van der Waals surface area contributed by atoms with E-state index in [0.29, 0.717) is 0 Å². The van der Waals surface area contributed by atoms with E-state index < -0.39 is 21.8 Å². The van der Waals surface area contributed by atoms with E-state index in [4.69, 9.17) is 4.55 Å². The molecular formula is C12H20O5S. The number of carbonyl (C=O) groups excluding carboxylic acids is 1. The molecule has 0 radical (unpaired) electrons. The van der Waals surface area contributed by atoms with Gasteiger partial charge in [0.25, 0.3) is 10.1 Å². The lowest BCUT2D eigenvalue weighted by Crippen LogP contribution is -2.17. The lowest BCUT2D eigenvalue weighted by molar-refractivity contribution is -0.139. The monoisotopic (exact) mass is 276 g/mol. The van der Waals surface area contributed by atoms with E-state index in [0.717, 1.165) is 18.4 Å². The van der Waals surface area contributed by atoms with Crippen LogP contribution in [0.3, 0.4) is 0 Å². The van der Waals surface area contributed by atoms with Crippen LogP contribution >= 0.6 is 0 Å². The Hall–Kier alpha value is -1.14. The second kappa shape index (κ2) is 8.05. The van der Waals surface area contributed by atoms with Crippen molar-refractivity contribution in [2.45, 2.75) is 33.6 Å². The minimum atomic E-state index is -4.30. The van der Waals surface area contributed by atoms with E-state index in [1.807, 2.05) is 20.8 Å². The molecule has 0 amide bonds. The molecule has 5 nitrogen and oxygen atoms in total. The number of rotatable bonds is 7. The Balaban J connectivity index is 3.94. The summed E-state index contributed by atoms with van der Waals surface area (Å²) in [5.74, 6) is -1.96. The minimum absolute atomic E-state index is 0.0228. The van der Waals surface area contributed by atoms with Crippen molar-refractivity contribution in [3.8, 4) is 0 Å². The third-order valence-corrected chi connectivity index (χ3v) is 2.67. The highest BCUT2D eigenvalue weighted by Gasteiger charge is 2.13. The predicted molar refractivity (Wildman–Crippen MR) is 69.8 cm³/mol. The molecular weight excluding hydrogens is 256 g/mol. The van der Waals surface area contributed by atoms with E-state index in [1.165, 1.54) is 5.57 Å². The lowest BCUT2D eigenvalue weighted by Gasteiger charge is -2.02. The summed E-state index contributed by atoms with van der Waals surface area (Å²) in [4.78, 5) is 10.9. The van der Waals surface area contributed by atoms with E-state index in [9.17, 15) is 13.2 Å². The maximum absolute atomic E-state index is 10.9. The largest absolute Gasteiger partial charge is 0.461 e. The summed E-state index contributed by atoms with van der Waals surface area (Å²) in [7, 11) is -4.30. The van der Waals surface area contributed by atoms with Crippen molar-refractivity contribution in [1.29, 1.82) is 0 Å². The van der Waals surface area contributed by atoms with Gasteiger partial charge in [0.2, 0.25) is 0 Å². The van der Waals surface area contributed by atoms with Gasteiger partial charge in [0.05, 0.1) is 0 Å². The van der Waals surface area contributed by atoms with Crippen LogP contribution in [0.4, 0.5) is 0 Å². The number of allylic oxidation sites excluding steroid dienone is 3. The molecule has 0 saturated heterocycles. The zero-order valence-corrected chi connectivity index (χ0v) is 11.8. The first-order valence-electron chi connectivity index (χ1n) is 5.60. The molecule has 0 saturated carbocycles. The standard InChI is InChI=1S/C12H20O5S/c1-10(2)5-4-6-11(3)7-8-17-12(13)9-18(14,15)16/h5,7H,4,6,8-9H2,1-3H3,(H,14,15,16)/b11-7+. The number of hydrogen-bond donors (Lipinski definition) is 1. The van der Waals surface area contributed by atoms with Crippen LogP contribution in [0.2, 0.25) is 0 Å². The summed E-state index contributed by atoms with van der Waals surface area (Å²) in [5, 5.41) is 0. The Morgan fingerprint density at radius 3 is 2.33 bits per heavy atom. The van der Waals surface area contributed by atoms with Gasteiger partial charge < -0.3 is 4.74 Å². The third kappa shape index (κ3) is 11.3. The van der Waals surface area contributed by atoms with Crippen LogP contribution in [-0.4, -0.2) is 31.3 Å². The van der Waals surface area contributed by atoms with Crippen LogP contribution in [0.15, 0.2) is 23.3 Å². The fraction of sp³-hybridized carbons (Fsp3) is 0.583. The molecule has 1 N–H and O–H groups in total. The second-order valence-corrected chi connectivity index (χ2v) is 5.73. The number of ether oxygens (including phenoxy) is 1. The molecule has 0 unspecified atom stereocenters. The Labute approximate surface area is 108 Å². The van der Waals surface area contributed by atoms with Crippen LogP contribution in [0.5, 0.6) is 0 Å². The molecule has 18 heavy (non-hydrogen) atoms. The van der Waals surface area contributed by atoms with Crippen molar-refractivity contribution in [2.75, 3.05) is 12.4 Å². The highest BCUT2D eigenvalue weighted by atomic mass is 32.2. The predicted octanol–water partition coefficient (Wildman–Crippen LogP) is 2.11. The molecule has 0 fully saturated rings. The lowest BCUT2D eigenvalue weighted by atomic mass is 10.1. The normalized spacial score (nSPS) is 12.1. The quantitative estimate of drug-likeness (QED) is 0.437. The molecule has 0 bridgehead atoms. The Bertz CT molecular complexity index is 427. The zero-order valence-electron chi connectivity index (χ0n) is 11.0. The molecule has 104 valence electrons. The molecule has 0 atom stereocenters. The summed E-state index contributed by atoms with van der Waals surface area (Å²) >= 11 is 0. The van der Waals surface area contributed by atoms with Crippen molar-refractivity contribution in [3.63, 3.8) is 0 Å². The van der Waals surface area contributed by atoms with Gasteiger partial charge in [0, 0.05) is 0 Å². The molecule has 0 heterocycles. The molecule has 0 aromatic rings. The van der Waals surface area contributed by atoms with Crippen molar-refractivity contribution in [1.82, 2.24) is 0 Å². The highest BCUT2D eigenvalue weighted by Crippen LogP contribution is 2.06. The highest BCUT2D eigenvalue weighted by molar-refractivity contribution is 7.86. The maximum Gasteiger partial charge on any atom is 0.323 e. The van der Waals surface area contributed by atoms with E-state index in [1.54, 1.807) is 6.08 Å². The van der Waals surface area contributed by atoms with Gasteiger partial charge in [-0.3, -0.25) is 9.35 Å². The first-order chi connectivity index (χ1) is 8.20. The Morgan fingerprint density at radius 2 is 1.83 bits per heavy atom. The van der Waals surface area contributed by atoms with Crippen LogP contribution in [0, 0.1) is 0 Å². The first-order valence-corrected chi connectivity index (χ1v) is 7.21. The second-order valence-electron chi connectivity index (χ2n) is 4.28. The van der Waals surface area contributed by atoms with E-state index in [-0.39, 0.29) is 6.61 Å². The van der Waals surface area contributed by atoms with Gasteiger partial charge in [-0.15, -0.1) is 0 Å². The topological polar surface area (TPSA) is 80.7 Å². The van der Waals surface area contributed by atoms with E-state index >= 15 is 0 Å². The molecule has 0 spiro atoms. The van der Waals surface area contributed by atoms with E-state index in [2.05, 4.69) is 10.8 Å². The van der Waals surface area contributed by atoms with Crippen molar-refractivity contribution in [3.05, 3.63) is 23.3 Å².